The first kappa shape index (κ1) is 33.3. The minimum Gasteiger partial charge on any atom is -0.494 e. The quantitative estimate of drug-likeness (QED) is 0.231. The Morgan fingerprint density at radius 1 is 1.09 bits per heavy atom. The number of ether oxygens (including phenoxy) is 2. The molecule has 2 atom stereocenters. The lowest BCUT2D eigenvalue weighted by Crippen LogP contribution is -2.52. The number of primary amides is 1. The van der Waals surface area contributed by atoms with E-state index in [4.69, 9.17) is 15.2 Å². The summed E-state index contributed by atoms with van der Waals surface area (Å²) in [7, 11) is 1.13. The van der Waals surface area contributed by atoms with E-state index in [0.29, 0.717) is 18.3 Å². The average Bonchev–Trinajstić information content (AvgIpc) is 3.41. The van der Waals surface area contributed by atoms with Gasteiger partial charge in [-0.05, 0) is 48.5 Å². The van der Waals surface area contributed by atoms with Crippen LogP contribution in [-0.2, 0) is 22.0 Å². The number of aliphatic hydroxyl groups is 1. The van der Waals surface area contributed by atoms with Gasteiger partial charge in [-0.3, -0.25) is 14.6 Å². The molecular weight excluding hydrogens is 648 g/mol. The van der Waals surface area contributed by atoms with Crippen LogP contribution >= 0.6 is 0 Å². The minimum atomic E-state index is -5.58. The molecule has 17 heteroatoms. The summed E-state index contributed by atoms with van der Waals surface area (Å²) in [5.74, 6) is -3.80. The molecule has 4 N–H and O–H groups in total. The third kappa shape index (κ3) is 5.75. The van der Waals surface area contributed by atoms with Crippen molar-refractivity contribution in [3.05, 3.63) is 82.9 Å². The average molecular weight is 671 g/mol. The maximum absolute atomic E-state index is 14.7. The number of nitrogens with one attached hydrogen (secondary N) is 1. The lowest BCUT2D eigenvalue weighted by Gasteiger charge is -2.31. The second-order valence-electron chi connectivity index (χ2n) is 10.6. The second-order valence-corrected chi connectivity index (χ2v) is 10.6. The molecule has 0 saturated carbocycles. The van der Waals surface area contributed by atoms with Crippen molar-refractivity contribution in [2.45, 2.75) is 23.4 Å². The van der Waals surface area contributed by atoms with Gasteiger partial charge < -0.3 is 25.6 Å². The van der Waals surface area contributed by atoms with Gasteiger partial charge in [0.1, 0.15) is 47.2 Å². The van der Waals surface area contributed by atoms with Gasteiger partial charge in [0.05, 0.1) is 24.9 Å². The SMILES string of the molecule is COc1cc(C(=O)NCC(O)(c2cc3c(c(-c4ccc(F)cc4)n2)OC[C@@]3(CF)C(N)=O)C(F)(F)F)cc2cc(C(F)(F)F)cnc12. The molecule has 0 bridgehead atoms. The zero-order valence-electron chi connectivity index (χ0n) is 23.9. The lowest BCUT2D eigenvalue weighted by atomic mass is 9.81. The molecule has 9 nitrogen and oxygen atoms in total. The van der Waals surface area contributed by atoms with Crippen molar-refractivity contribution in [2.75, 3.05) is 26.9 Å². The van der Waals surface area contributed by atoms with Gasteiger partial charge >= 0.3 is 12.4 Å². The third-order valence-corrected chi connectivity index (χ3v) is 7.72. The molecule has 4 aromatic rings. The Balaban J connectivity index is 1.60. The van der Waals surface area contributed by atoms with Crippen molar-refractivity contribution in [1.29, 1.82) is 0 Å². The number of carbonyl (C=O) groups is 2. The number of alkyl halides is 7. The van der Waals surface area contributed by atoms with Crippen LogP contribution in [0.1, 0.15) is 27.2 Å². The number of nitrogens with zero attached hydrogens (tertiary/aromatic N) is 2. The molecule has 3 heterocycles. The molecular formula is C30H22F8N4O5. The van der Waals surface area contributed by atoms with Gasteiger partial charge in [0, 0.05) is 28.3 Å². The summed E-state index contributed by atoms with van der Waals surface area (Å²) in [5, 5.41) is 12.8. The van der Waals surface area contributed by atoms with Crippen molar-refractivity contribution in [3.8, 4) is 22.8 Å². The van der Waals surface area contributed by atoms with Gasteiger partial charge in [-0.15, -0.1) is 0 Å². The Kier molecular flexibility index (Phi) is 8.24. The van der Waals surface area contributed by atoms with E-state index in [1.807, 2.05) is 5.32 Å². The van der Waals surface area contributed by atoms with Crippen LogP contribution in [0.5, 0.6) is 11.5 Å². The summed E-state index contributed by atoms with van der Waals surface area (Å²) in [4.78, 5) is 33.1. The molecule has 248 valence electrons. The standard InChI is InChI=1S/C30H22F8N4O5/c1-46-20-8-16(6-15-7-17(29(33,34)35)10-40-22(15)20)25(43)41-12-28(45,30(36,37)38)21-9-19-24(47-13-27(19,11-31)26(39)44)23(42-21)14-2-4-18(32)5-3-14/h2-10,45H,11-13H2,1H3,(H2,39,44)(H,41,43)/t27-,28?/m1/s1. The number of pyridine rings is 2. The monoisotopic (exact) mass is 670 g/mol. The molecule has 2 amide bonds. The highest BCUT2D eigenvalue weighted by molar-refractivity contribution is 6.00. The normalized spacial score (nSPS) is 17.5. The maximum atomic E-state index is 14.7. The highest BCUT2D eigenvalue weighted by atomic mass is 19.4. The van der Waals surface area contributed by atoms with Gasteiger partial charge in [-0.25, -0.2) is 13.8 Å². The Hall–Kier alpha value is -5.06. The maximum Gasteiger partial charge on any atom is 0.424 e. The van der Waals surface area contributed by atoms with E-state index in [9.17, 15) is 49.8 Å². The highest BCUT2D eigenvalue weighted by Gasteiger charge is 2.58. The number of rotatable bonds is 8. The largest absolute Gasteiger partial charge is 0.494 e. The van der Waals surface area contributed by atoms with Crippen LogP contribution in [0.25, 0.3) is 22.2 Å². The number of fused-ring (bicyclic) bond motifs is 2. The Bertz CT molecular complexity index is 1880. The summed E-state index contributed by atoms with van der Waals surface area (Å²) < 4.78 is 122. The molecule has 0 radical (unpaired) electrons. The number of halogens is 8. The fraction of sp³-hybridized carbons (Fsp3) is 0.267. The van der Waals surface area contributed by atoms with Crippen LogP contribution in [0.15, 0.2) is 54.7 Å². The molecule has 47 heavy (non-hydrogen) atoms. The van der Waals surface area contributed by atoms with Crippen molar-refractivity contribution in [3.63, 3.8) is 0 Å². The first-order valence-corrected chi connectivity index (χ1v) is 13.4. The summed E-state index contributed by atoms with van der Waals surface area (Å²) in [6.07, 6.45) is -9.84. The summed E-state index contributed by atoms with van der Waals surface area (Å²) in [6.45, 7) is -3.84. The second kappa shape index (κ2) is 11.6. The first-order chi connectivity index (χ1) is 21.9. The van der Waals surface area contributed by atoms with Gasteiger partial charge in [-0.1, -0.05) is 0 Å². The smallest absolute Gasteiger partial charge is 0.424 e. The van der Waals surface area contributed by atoms with Crippen LogP contribution in [0.3, 0.4) is 0 Å². The van der Waals surface area contributed by atoms with E-state index in [1.165, 1.54) is 0 Å². The van der Waals surface area contributed by atoms with Crippen LogP contribution in [0, 0.1) is 5.82 Å². The number of hydrogen-bond donors (Lipinski definition) is 3. The van der Waals surface area contributed by atoms with Crippen LogP contribution in [0.2, 0.25) is 0 Å². The van der Waals surface area contributed by atoms with Gasteiger partial charge in [-0.2, -0.15) is 26.3 Å². The van der Waals surface area contributed by atoms with E-state index in [1.54, 1.807) is 0 Å². The Morgan fingerprint density at radius 3 is 2.34 bits per heavy atom. The van der Waals surface area contributed by atoms with Crippen molar-refractivity contribution >= 4 is 22.7 Å². The number of carbonyl (C=O) groups excluding carboxylic acids is 2. The Morgan fingerprint density at radius 2 is 1.77 bits per heavy atom. The Labute approximate surface area is 259 Å². The van der Waals surface area contributed by atoms with E-state index < -0.39 is 88.9 Å². The van der Waals surface area contributed by atoms with E-state index in [0.717, 1.165) is 43.5 Å². The zero-order chi connectivity index (χ0) is 34.5. The van der Waals surface area contributed by atoms with E-state index in [2.05, 4.69) is 9.97 Å². The molecule has 0 fully saturated rings. The molecule has 2 aromatic carbocycles. The molecule has 1 aliphatic heterocycles. The molecule has 2 aromatic heterocycles. The van der Waals surface area contributed by atoms with Gasteiger partial charge in [0.25, 0.3) is 5.91 Å². The molecule has 5 rings (SSSR count). The summed E-state index contributed by atoms with van der Waals surface area (Å²) >= 11 is 0. The molecule has 0 spiro atoms. The van der Waals surface area contributed by atoms with Gasteiger partial charge in [0.2, 0.25) is 11.5 Å². The predicted molar refractivity (Wildman–Crippen MR) is 148 cm³/mol. The van der Waals surface area contributed by atoms with Crippen LogP contribution in [0.4, 0.5) is 35.1 Å². The molecule has 1 aliphatic rings. The van der Waals surface area contributed by atoms with Crippen LogP contribution in [-0.4, -0.2) is 60.0 Å². The van der Waals surface area contributed by atoms with Crippen molar-refractivity contribution in [1.82, 2.24) is 15.3 Å². The number of amides is 2. The number of nitrogens with two attached hydrogens (primary N) is 1. The molecule has 0 saturated heterocycles. The van der Waals surface area contributed by atoms with E-state index >= 15 is 0 Å². The number of aromatic nitrogens is 2. The summed E-state index contributed by atoms with van der Waals surface area (Å²) in [5.41, 5.74) is -4.70. The predicted octanol–water partition coefficient (Wildman–Crippen LogP) is 4.73. The minimum absolute atomic E-state index is 0.0349. The zero-order valence-corrected chi connectivity index (χ0v) is 23.9. The van der Waals surface area contributed by atoms with Crippen molar-refractivity contribution in [2.24, 2.45) is 5.73 Å². The fourth-order valence-electron chi connectivity index (χ4n) is 5.01. The summed E-state index contributed by atoms with van der Waals surface area (Å²) in [6, 6.07) is 7.33. The molecule has 1 unspecified atom stereocenters. The topological polar surface area (TPSA) is 137 Å². The lowest BCUT2D eigenvalue weighted by molar-refractivity contribution is -0.265. The van der Waals surface area contributed by atoms with Gasteiger partial charge in [0.15, 0.2) is 0 Å². The third-order valence-electron chi connectivity index (χ3n) is 7.72. The number of benzene rings is 2. The fourth-order valence-corrected chi connectivity index (χ4v) is 5.01. The molecule has 0 aliphatic carbocycles. The van der Waals surface area contributed by atoms with Crippen molar-refractivity contribution < 1.29 is 59.3 Å². The first-order valence-electron chi connectivity index (χ1n) is 13.4. The number of hydrogen-bond acceptors (Lipinski definition) is 7. The van der Waals surface area contributed by atoms with Crippen LogP contribution < -0.4 is 20.5 Å². The number of methoxy groups -OCH3 is 1. The van der Waals surface area contributed by atoms with E-state index in [-0.39, 0.29) is 28.0 Å². The highest BCUT2D eigenvalue weighted by Crippen LogP contribution is 2.48.